The predicted molar refractivity (Wildman–Crippen MR) is 131 cm³/mol. The number of nitriles is 1. The second-order valence-electron chi connectivity index (χ2n) is 6.90. The number of allylic oxidation sites excluding steroid dienone is 1. The van der Waals surface area contributed by atoms with Crippen LogP contribution in [0.15, 0.2) is 71.7 Å². The van der Waals surface area contributed by atoms with Crippen molar-refractivity contribution in [3.63, 3.8) is 0 Å². The minimum Gasteiger partial charge on any atom is -0.437 e. The molecule has 33 heavy (non-hydrogen) atoms. The summed E-state index contributed by atoms with van der Waals surface area (Å²) >= 11 is 13.6. The van der Waals surface area contributed by atoms with Crippen molar-refractivity contribution in [2.24, 2.45) is 0 Å². The van der Waals surface area contributed by atoms with Gasteiger partial charge in [-0.25, -0.2) is 4.98 Å². The molecule has 160 valence electrons. The summed E-state index contributed by atoms with van der Waals surface area (Å²) in [4.78, 5) is 22.4. The summed E-state index contributed by atoms with van der Waals surface area (Å²) in [7, 11) is 0. The van der Waals surface area contributed by atoms with E-state index in [9.17, 15) is 10.1 Å². The monoisotopic (exact) mass is 490 g/mol. The highest BCUT2D eigenvalue weighted by atomic mass is 35.5. The topological polar surface area (TPSA) is 80.3 Å². The third-order valence-corrected chi connectivity index (χ3v) is 6.37. The van der Waals surface area contributed by atoms with Crippen LogP contribution in [-0.4, -0.2) is 14.4 Å². The van der Waals surface area contributed by atoms with E-state index in [2.05, 4.69) is 16.0 Å². The summed E-state index contributed by atoms with van der Waals surface area (Å²) < 4.78 is 8.26. The Bertz CT molecular complexity index is 1630. The molecule has 0 saturated heterocycles. The lowest BCUT2D eigenvalue weighted by Crippen LogP contribution is -2.18. The van der Waals surface area contributed by atoms with Crippen molar-refractivity contribution in [1.82, 2.24) is 14.4 Å². The molecule has 3 aromatic heterocycles. The largest absolute Gasteiger partial charge is 0.437 e. The lowest BCUT2D eigenvalue weighted by atomic mass is 10.2. The first-order valence-corrected chi connectivity index (χ1v) is 11.2. The molecule has 0 unspecified atom stereocenters. The number of hydrogen-bond acceptors (Lipinski definition) is 6. The zero-order valence-corrected chi connectivity index (χ0v) is 19.0. The Labute approximate surface area is 201 Å². The molecule has 0 aliphatic rings. The van der Waals surface area contributed by atoms with Crippen LogP contribution in [0.5, 0.6) is 11.6 Å². The highest BCUT2D eigenvalue weighted by Crippen LogP contribution is 2.33. The van der Waals surface area contributed by atoms with E-state index < -0.39 is 5.56 Å². The fraction of sp³-hybridized carbons (Fsp3) is 0. The number of halogens is 2. The summed E-state index contributed by atoms with van der Waals surface area (Å²) in [5, 5.41) is 11.1. The van der Waals surface area contributed by atoms with Crippen molar-refractivity contribution in [1.29, 1.82) is 5.26 Å². The van der Waals surface area contributed by atoms with Gasteiger partial charge in [0.05, 0.1) is 20.8 Å². The molecule has 0 atom stereocenters. The van der Waals surface area contributed by atoms with Gasteiger partial charge < -0.3 is 4.74 Å². The maximum Gasteiger partial charge on any atom is 0.269 e. The summed E-state index contributed by atoms with van der Waals surface area (Å²) in [6.07, 6.45) is 3.05. The van der Waals surface area contributed by atoms with E-state index in [0.717, 1.165) is 10.2 Å². The Morgan fingerprint density at radius 1 is 1.09 bits per heavy atom. The normalized spacial score (nSPS) is 11.6. The van der Waals surface area contributed by atoms with Crippen molar-refractivity contribution in [2.75, 3.05) is 0 Å². The number of rotatable bonds is 4. The number of aromatic nitrogens is 3. The number of benzene rings is 2. The van der Waals surface area contributed by atoms with Crippen LogP contribution in [0.2, 0.25) is 10.0 Å². The van der Waals surface area contributed by atoms with Gasteiger partial charge in [0.1, 0.15) is 28.0 Å². The third-order valence-electron chi connectivity index (χ3n) is 4.77. The zero-order chi connectivity index (χ0) is 22.9. The van der Waals surface area contributed by atoms with Crippen LogP contribution in [-0.2, 0) is 0 Å². The lowest BCUT2D eigenvalue weighted by molar-refractivity contribution is 0.461. The zero-order valence-electron chi connectivity index (χ0n) is 16.7. The van der Waals surface area contributed by atoms with Crippen LogP contribution in [0, 0.1) is 11.3 Å². The SMILES string of the molecule is N#C/C(=C\c1c(Oc2ccc(Cl)cc2Cl)nc2ccccn2c1=O)c1nc2ccccc2s1. The van der Waals surface area contributed by atoms with Crippen molar-refractivity contribution < 1.29 is 4.74 Å². The van der Waals surface area contributed by atoms with Gasteiger partial charge in [0.2, 0.25) is 5.88 Å². The van der Waals surface area contributed by atoms with Crippen LogP contribution in [0.25, 0.3) is 27.5 Å². The van der Waals surface area contributed by atoms with Gasteiger partial charge in [-0.3, -0.25) is 9.20 Å². The van der Waals surface area contributed by atoms with E-state index in [1.165, 1.54) is 27.9 Å². The van der Waals surface area contributed by atoms with Gasteiger partial charge in [0.15, 0.2) is 0 Å². The van der Waals surface area contributed by atoms with Gasteiger partial charge >= 0.3 is 0 Å². The molecule has 5 rings (SSSR count). The number of nitrogens with zero attached hydrogens (tertiary/aromatic N) is 4. The molecule has 5 aromatic rings. The number of fused-ring (bicyclic) bond motifs is 2. The van der Waals surface area contributed by atoms with Gasteiger partial charge in [-0.1, -0.05) is 41.4 Å². The van der Waals surface area contributed by atoms with Crippen LogP contribution < -0.4 is 10.3 Å². The molecular weight excluding hydrogens is 479 g/mol. The molecule has 0 spiro atoms. The second kappa shape index (κ2) is 8.68. The molecule has 9 heteroatoms. The van der Waals surface area contributed by atoms with E-state index in [-0.39, 0.29) is 27.8 Å². The van der Waals surface area contributed by atoms with Crippen molar-refractivity contribution in [3.8, 4) is 17.7 Å². The van der Waals surface area contributed by atoms with Crippen molar-refractivity contribution in [2.45, 2.75) is 0 Å². The first-order valence-electron chi connectivity index (χ1n) is 9.65. The molecule has 0 N–H and O–H groups in total. The summed E-state index contributed by atoms with van der Waals surface area (Å²) in [5.41, 5.74) is 1.09. The fourth-order valence-corrected chi connectivity index (χ4v) is 4.60. The third kappa shape index (κ3) is 4.08. The molecule has 0 amide bonds. The molecule has 2 aromatic carbocycles. The number of pyridine rings is 1. The van der Waals surface area contributed by atoms with Crippen LogP contribution in [0.3, 0.4) is 0 Å². The van der Waals surface area contributed by atoms with Crippen LogP contribution >= 0.6 is 34.5 Å². The average Bonchev–Trinajstić information content (AvgIpc) is 3.25. The van der Waals surface area contributed by atoms with E-state index in [4.69, 9.17) is 27.9 Å². The number of ether oxygens (including phenoxy) is 1. The second-order valence-corrected chi connectivity index (χ2v) is 8.77. The Morgan fingerprint density at radius 2 is 1.91 bits per heavy atom. The van der Waals surface area contributed by atoms with E-state index >= 15 is 0 Å². The van der Waals surface area contributed by atoms with Gasteiger partial charge in [0.25, 0.3) is 5.56 Å². The maximum atomic E-state index is 13.4. The Kier molecular flexibility index (Phi) is 5.56. The van der Waals surface area contributed by atoms with Gasteiger partial charge in [-0.05, 0) is 48.5 Å². The smallest absolute Gasteiger partial charge is 0.269 e. The number of hydrogen-bond donors (Lipinski definition) is 0. The molecule has 0 fully saturated rings. The predicted octanol–water partition coefficient (Wildman–Crippen LogP) is 6.47. The van der Waals surface area contributed by atoms with E-state index in [1.807, 2.05) is 24.3 Å². The average molecular weight is 491 g/mol. The van der Waals surface area contributed by atoms with E-state index in [1.54, 1.807) is 36.5 Å². The van der Waals surface area contributed by atoms with Crippen LogP contribution in [0.4, 0.5) is 0 Å². The van der Waals surface area contributed by atoms with Gasteiger partial charge in [-0.15, -0.1) is 11.3 Å². The molecule has 3 heterocycles. The molecule has 6 nitrogen and oxygen atoms in total. The standard InChI is InChI=1S/C24H12Cl2N4O2S/c25-15-8-9-19(17(26)12-15)32-22-16(24(31)30-10-4-3-7-21(30)29-22)11-14(13-27)23-28-18-5-1-2-6-20(18)33-23/h1-12H/b14-11+. The summed E-state index contributed by atoms with van der Waals surface area (Å²) in [5.74, 6) is 0.297. The minimum atomic E-state index is -0.394. The molecule has 0 aliphatic heterocycles. The fourth-order valence-electron chi connectivity index (χ4n) is 3.22. The Hall–Kier alpha value is -3.70. The van der Waals surface area contributed by atoms with Crippen molar-refractivity contribution >= 4 is 62.1 Å². The Morgan fingerprint density at radius 3 is 2.70 bits per heavy atom. The molecular formula is C24H12Cl2N4O2S. The lowest BCUT2D eigenvalue weighted by Gasteiger charge is -2.11. The van der Waals surface area contributed by atoms with Crippen LogP contribution in [0.1, 0.15) is 10.6 Å². The first kappa shape index (κ1) is 21.2. The highest BCUT2D eigenvalue weighted by Gasteiger charge is 2.17. The molecule has 0 aliphatic carbocycles. The summed E-state index contributed by atoms with van der Waals surface area (Å²) in [6.45, 7) is 0. The van der Waals surface area contributed by atoms with Gasteiger partial charge in [0, 0.05) is 11.2 Å². The number of para-hydroxylation sites is 1. The minimum absolute atomic E-state index is 0.0179. The highest BCUT2D eigenvalue weighted by molar-refractivity contribution is 7.19. The maximum absolute atomic E-state index is 13.4. The number of thiazole rings is 1. The van der Waals surface area contributed by atoms with Gasteiger partial charge in [-0.2, -0.15) is 10.2 Å². The van der Waals surface area contributed by atoms with E-state index in [0.29, 0.717) is 15.7 Å². The molecule has 0 bridgehead atoms. The van der Waals surface area contributed by atoms with Crippen molar-refractivity contribution in [3.05, 3.63) is 97.8 Å². The molecule has 0 radical (unpaired) electrons. The first-order chi connectivity index (χ1) is 16.0. The summed E-state index contributed by atoms with van der Waals surface area (Å²) in [6, 6.07) is 19.6. The quantitative estimate of drug-likeness (QED) is 0.269. The molecule has 0 saturated carbocycles. The Balaban J connectivity index is 1.71.